The molecule has 0 bridgehead atoms. The zero-order chi connectivity index (χ0) is 12.8. The Hall–Kier alpha value is -1.06. The first kappa shape index (κ1) is 13.4. The molecule has 0 unspecified atom stereocenters. The average Bonchev–Trinajstić information content (AvgIpc) is 2.40. The largest absolute Gasteiger partial charge is 0.491 e. The van der Waals surface area contributed by atoms with E-state index in [-0.39, 0.29) is 6.29 Å². The molecular formula is C15H22O3. The Morgan fingerprint density at radius 3 is 2.89 bits per heavy atom. The maximum absolute atomic E-state index is 5.73. The van der Waals surface area contributed by atoms with Crippen LogP contribution in [0.3, 0.4) is 0 Å². The van der Waals surface area contributed by atoms with Crippen molar-refractivity contribution in [2.24, 2.45) is 0 Å². The molecule has 0 aromatic heterocycles. The Morgan fingerprint density at radius 1 is 1.22 bits per heavy atom. The minimum atomic E-state index is -0.0269. The average molecular weight is 250 g/mol. The lowest BCUT2D eigenvalue weighted by Gasteiger charge is -2.22. The van der Waals surface area contributed by atoms with E-state index in [0.717, 1.165) is 30.8 Å². The van der Waals surface area contributed by atoms with Crippen LogP contribution in [0.15, 0.2) is 18.2 Å². The van der Waals surface area contributed by atoms with Crippen molar-refractivity contribution in [1.29, 1.82) is 0 Å². The second-order valence-corrected chi connectivity index (χ2v) is 4.78. The molecular weight excluding hydrogens is 228 g/mol. The number of hydrogen-bond donors (Lipinski definition) is 0. The third-order valence-electron chi connectivity index (χ3n) is 3.13. The van der Waals surface area contributed by atoms with Crippen LogP contribution in [0.4, 0.5) is 0 Å². The van der Waals surface area contributed by atoms with Gasteiger partial charge in [0.25, 0.3) is 0 Å². The van der Waals surface area contributed by atoms with Crippen molar-refractivity contribution >= 4 is 0 Å². The number of aryl methyl sites for hydroxylation is 2. The van der Waals surface area contributed by atoms with Gasteiger partial charge in [0.2, 0.25) is 0 Å². The zero-order valence-electron chi connectivity index (χ0n) is 11.3. The van der Waals surface area contributed by atoms with Crippen LogP contribution in [-0.4, -0.2) is 26.1 Å². The molecule has 1 heterocycles. The predicted molar refractivity (Wildman–Crippen MR) is 71.0 cm³/mol. The van der Waals surface area contributed by atoms with Gasteiger partial charge in [-0.25, -0.2) is 0 Å². The minimum absolute atomic E-state index is 0.0269. The molecule has 3 nitrogen and oxygen atoms in total. The summed E-state index contributed by atoms with van der Waals surface area (Å²) in [7, 11) is 0. The predicted octanol–water partition coefficient (Wildman–Crippen LogP) is 3.23. The summed E-state index contributed by atoms with van der Waals surface area (Å²) in [5.41, 5.74) is 2.38. The van der Waals surface area contributed by atoms with Gasteiger partial charge in [-0.1, -0.05) is 12.1 Å². The summed E-state index contributed by atoms with van der Waals surface area (Å²) >= 11 is 0. The topological polar surface area (TPSA) is 27.7 Å². The highest BCUT2D eigenvalue weighted by Crippen LogP contribution is 2.19. The quantitative estimate of drug-likeness (QED) is 0.751. The molecule has 1 aliphatic rings. The number of ether oxygens (including phenoxy) is 3. The number of rotatable bonds is 5. The summed E-state index contributed by atoms with van der Waals surface area (Å²) in [6.07, 6.45) is 3.33. The molecule has 1 saturated heterocycles. The first-order valence-corrected chi connectivity index (χ1v) is 6.69. The lowest BCUT2D eigenvalue weighted by Crippen LogP contribution is -2.24. The van der Waals surface area contributed by atoms with Gasteiger partial charge in [-0.05, 0) is 50.3 Å². The molecule has 100 valence electrons. The minimum Gasteiger partial charge on any atom is -0.491 e. The molecule has 1 aliphatic heterocycles. The summed E-state index contributed by atoms with van der Waals surface area (Å²) in [5, 5.41) is 0. The Bertz CT molecular complexity index is 370. The first-order valence-electron chi connectivity index (χ1n) is 6.69. The van der Waals surface area contributed by atoms with E-state index < -0.39 is 0 Å². The van der Waals surface area contributed by atoms with E-state index >= 15 is 0 Å². The molecule has 1 aromatic rings. The van der Waals surface area contributed by atoms with E-state index in [2.05, 4.69) is 32.0 Å². The van der Waals surface area contributed by atoms with Crippen molar-refractivity contribution in [3.05, 3.63) is 29.3 Å². The van der Waals surface area contributed by atoms with Crippen molar-refractivity contribution in [1.82, 2.24) is 0 Å². The Balaban J connectivity index is 1.69. The van der Waals surface area contributed by atoms with Crippen molar-refractivity contribution in [2.45, 2.75) is 39.4 Å². The fourth-order valence-electron chi connectivity index (χ4n) is 2.04. The molecule has 2 rings (SSSR count). The summed E-state index contributed by atoms with van der Waals surface area (Å²) in [4.78, 5) is 0. The van der Waals surface area contributed by atoms with Gasteiger partial charge >= 0.3 is 0 Å². The lowest BCUT2D eigenvalue weighted by atomic mass is 10.1. The molecule has 0 radical (unpaired) electrons. The molecule has 0 N–H and O–H groups in total. The fourth-order valence-corrected chi connectivity index (χ4v) is 2.04. The normalized spacial score (nSPS) is 19.8. The van der Waals surface area contributed by atoms with E-state index in [1.807, 2.05) is 0 Å². The summed E-state index contributed by atoms with van der Waals surface area (Å²) in [5.74, 6) is 0.947. The van der Waals surface area contributed by atoms with E-state index in [1.54, 1.807) is 0 Å². The fraction of sp³-hybridized carbons (Fsp3) is 0.600. The van der Waals surface area contributed by atoms with Crippen LogP contribution in [0.1, 0.15) is 30.4 Å². The van der Waals surface area contributed by atoms with Gasteiger partial charge in [0, 0.05) is 6.61 Å². The van der Waals surface area contributed by atoms with Crippen molar-refractivity contribution in [3.8, 4) is 5.75 Å². The van der Waals surface area contributed by atoms with Gasteiger partial charge in [-0.15, -0.1) is 0 Å². The number of benzene rings is 1. The monoisotopic (exact) mass is 250 g/mol. The highest BCUT2D eigenvalue weighted by Gasteiger charge is 2.13. The van der Waals surface area contributed by atoms with Gasteiger partial charge in [0.15, 0.2) is 6.29 Å². The van der Waals surface area contributed by atoms with Crippen molar-refractivity contribution in [3.63, 3.8) is 0 Å². The van der Waals surface area contributed by atoms with Crippen LogP contribution in [0.25, 0.3) is 0 Å². The second kappa shape index (κ2) is 6.76. The van der Waals surface area contributed by atoms with Gasteiger partial charge < -0.3 is 14.2 Å². The van der Waals surface area contributed by atoms with Crippen molar-refractivity contribution < 1.29 is 14.2 Å². The van der Waals surface area contributed by atoms with Crippen LogP contribution in [-0.2, 0) is 9.47 Å². The van der Waals surface area contributed by atoms with Crippen LogP contribution in [0, 0.1) is 13.8 Å². The molecule has 0 amide bonds. The lowest BCUT2D eigenvalue weighted by molar-refractivity contribution is -0.165. The van der Waals surface area contributed by atoms with E-state index in [0.29, 0.717) is 13.2 Å². The smallest absolute Gasteiger partial charge is 0.157 e. The molecule has 1 atom stereocenters. The molecule has 0 saturated carbocycles. The van der Waals surface area contributed by atoms with Gasteiger partial charge in [-0.3, -0.25) is 0 Å². The third-order valence-corrected chi connectivity index (χ3v) is 3.13. The maximum Gasteiger partial charge on any atom is 0.157 e. The second-order valence-electron chi connectivity index (χ2n) is 4.78. The van der Waals surface area contributed by atoms with Gasteiger partial charge in [-0.2, -0.15) is 0 Å². The summed E-state index contributed by atoms with van der Waals surface area (Å²) < 4.78 is 16.9. The highest BCUT2D eigenvalue weighted by molar-refractivity contribution is 5.35. The molecule has 0 aliphatic carbocycles. The standard InChI is InChI=1S/C15H22O3/c1-12-6-7-13(2)14(11-12)16-9-10-18-15-5-3-4-8-17-15/h6-7,11,15H,3-5,8-10H2,1-2H3/t15-/m1/s1. The number of hydrogen-bond acceptors (Lipinski definition) is 3. The van der Waals surface area contributed by atoms with Crippen LogP contribution in [0.5, 0.6) is 5.75 Å². The van der Waals surface area contributed by atoms with Crippen LogP contribution in [0.2, 0.25) is 0 Å². The summed E-state index contributed by atoms with van der Waals surface area (Å²) in [6.45, 7) is 6.10. The molecule has 1 aromatic carbocycles. The van der Waals surface area contributed by atoms with Crippen molar-refractivity contribution in [2.75, 3.05) is 19.8 Å². The van der Waals surface area contributed by atoms with E-state index in [1.165, 1.54) is 12.0 Å². The SMILES string of the molecule is Cc1ccc(C)c(OCCO[C@@H]2CCCCO2)c1. The van der Waals surface area contributed by atoms with Crippen LogP contribution < -0.4 is 4.74 Å². The van der Waals surface area contributed by atoms with E-state index in [4.69, 9.17) is 14.2 Å². The third kappa shape index (κ3) is 4.00. The Kier molecular flexibility index (Phi) is 5.02. The van der Waals surface area contributed by atoms with E-state index in [9.17, 15) is 0 Å². The van der Waals surface area contributed by atoms with Gasteiger partial charge in [0.05, 0.1) is 6.61 Å². The maximum atomic E-state index is 5.73. The molecule has 3 heteroatoms. The first-order chi connectivity index (χ1) is 8.75. The molecule has 0 spiro atoms. The Morgan fingerprint density at radius 2 is 2.11 bits per heavy atom. The van der Waals surface area contributed by atoms with Crippen LogP contribution >= 0.6 is 0 Å². The molecule has 1 fully saturated rings. The highest BCUT2D eigenvalue weighted by atomic mass is 16.7. The van der Waals surface area contributed by atoms with Gasteiger partial charge in [0.1, 0.15) is 12.4 Å². The Labute approximate surface area is 109 Å². The zero-order valence-corrected chi connectivity index (χ0v) is 11.3. The summed E-state index contributed by atoms with van der Waals surface area (Å²) in [6, 6.07) is 6.23. The molecule has 18 heavy (non-hydrogen) atoms.